The zero-order valence-corrected chi connectivity index (χ0v) is 10.5. The van der Waals surface area contributed by atoms with Gasteiger partial charge in [0.15, 0.2) is 0 Å². The lowest BCUT2D eigenvalue weighted by Crippen LogP contribution is -2.23. The molecule has 0 amide bonds. The van der Waals surface area contributed by atoms with Crippen molar-refractivity contribution in [1.82, 2.24) is 4.57 Å². The van der Waals surface area contributed by atoms with Crippen molar-refractivity contribution in [3.05, 3.63) is 52.3 Å². The fourth-order valence-corrected chi connectivity index (χ4v) is 1.89. The van der Waals surface area contributed by atoms with Crippen LogP contribution in [0.15, 0.2) is 41.2 Å². The van der Waals surface area contributed by atoms with Crippen LogP contribution in [0, 0.1) is 0 Å². The summed E-state index contributed by atoms with van der Waals surface area (Å²) in [6.45, 7) is 0.259. The molecule has 4 nitrogen and oxygen atoms in total. The van der Waals surface area contributed by atoms with Crippen LogP contribution in [0.5, 0.6) is 5.75 Å². The normalized spacial score (nSPS) is 10.4. The first kappa shape index (κ1) is 12.4. The van der Waals surface area contributed by atoms with Crippen LogP contribution in [-0.4, -0.2) is 11.7 Å². The standard InChI is InChI=1S/C14H16N2O2/c1-16-13(8-5-11(9-15)14(16)17)10-3-6-12(18-2)7-4-10/h3-8H,9,15H2,1-2H3. The van der Waals surface area contributed by atoms with E-state index in [2.05, 4.69) is 0 Å². The van der Waals surface area contributed by atoms with Crippen molar-refractivity contribution in [3.8, 4) is 17.0 Å². The monoisotopic (exact) mass is 244 g/mol. The van der Waals surface area contributed by atoms with Crippen LogP contribution in [0.4, 0.5) is 0 Å². The number of nitrogens with two attached hydrogens (primary N) is 1. The highest BCUT2D eigenvalue weighted by molar-refractivity contribution is 5.60. The third-order valence-corrected chi connectivity index (χ3v) is 2.99. The van der Waals surface area contributed by atoms with Crippen LogP contribution in [0.2, 0.25) is 0 Å². The molecule has 0 aliphatic heterocycles. The van der Waals surface area contributed by atoms with Crippen LogP contribution in [-0.2, 0) is 13.6 Å². The van der Waals surface area contributed by atoms with E-state index in [1.54, 1.807) is 24.8 Å². The fraction of sp³-hybridized carbons (Fsp3) is 0.214. The number of nitrogens with zero attached hydrogens (tertiary/aromatic N) is 1. The van der Waals surface area contributed by atoms with Gasteiger partial charge in [-0.2, -0.15) is 0 Å². The van der Waals surface area contributed by atoms with E-state index in [9.17, 15) is 4.79 Å². The van der Waals surface area contributed by atoms with Gasteiger partial charge >= 0.3 is 0 Å². The molecule has 2 rings (SSSR count). The molecule has 1 aromatic heterocycles. The maximum atomic E-state index is 12.0. The predicted molar refractivity (Wildman–Crippen MR) is 71.6 cm³/mol. The molecule has 0 radical (unpaired) electrons. The lowest BCUT2D eigenvalue weighted by Gasteiger charge is -2.10. The van der Waals surface area contributed by atoms with Crippen molar-refractivity contribution in [2.24, 2.45) is 12.8 Å². The highest BCUT2D eigenvalue weighted by Gasteiger charge is 2.06. The average molecular weight is 244 g/mol. The summed E-state index contributed by atoms with van der Waals surface area (Å²) < 4.78 is 6.73. The minimum Gasteiger partial charge on any atom is -0.497 e. The summed E-state index contributed by atoms with van der Waals surface area (Å²) in [5, 5.41) is 0. The zero-order valence-electron chi connectivity index (χ0n) is 10.5. The highest BCUT2D eigenvalue weighted by Crippen LogP contribution is 2.21. The van der Waals surface area contributed by atoms with Crippen molar-refractivity contribution >= 4 is 0 Å². The van der Waals surface area contributed by atoms with Gasteiger partial charge in [0.2, 0.25) is 0 Å². The fourth-order valence-electron chi connectivity index (χ4n) is 1.89. The van der Waals surface area contributed by atoms with Gasteiger partial charge < -0.3 is 15.0 Å². The maximum absolute atomic E-state index is 12.0. The predicted octanol–water partition coefficient (Wildman–Crippen LogP) is 1.52. The van der Waals surface area contributed by atoms with Gasteiger partial charge in [-0.15, -0.1) is 0 Å². The summed E-state index contributed by atoms with van der Waals surface area (Å²) in [5.41, 5.74) is 7.92. The molecule has 0 bridgehead atoms. The molecule has 0 unspecified atom stereocenters. The van der Waals surface area contributed by atoms with Crippen LogP contribution in [0.3, 0.4) is 0 Å². The van der Waals surface area contributed by atoms with Gasteiger partial charge in [0.05, 0.1) is 12.8 Å². The van der Waals surface area contributed by atoms with Gasteiger partial charge in [0.25, 0.3) is 5.56 Å². The minimum absolute atomic E-state index is 0.0502. The van der Waals surface area contributed by atoms with E-state index >= 15 is 0 Å². The number of rotatable bonds is 3. The molecule has 0 saturated carbocycles. The van der Waals surface area contributed by atoms with Crippen LogP contribution in [0.1, 0.15) is 5.56 Å². The van der Waals surface area contributed by atoms with Crippen molar-refractivity contribution in [2.75, 3.05) is 7.11 Å². The first-order valence-electron chi connectivity index (χ1n) is 5.70. The smallest absolute Gasteiger partial charge is 0.255 e. The molecule has 1 aromatic carbocycles. The molecular weight excluding hydrogens is 228 g/mol. The largest absolute Gasteiger partial charge is 0.497 e. The molecule has 0 saturated heterocycles. The number of hydrogen-bond acceptors (Lipinski definition) is 3. The Morgan fingerprint density at radius 2 is 1.83 bits per heavy atom. The maximum Gasteiger partial charge on any atom is 0.255 e. The van der Waals surface area contributed by atoms with E-state index < -0.39 is 0 Å². The SMILES string of the molecule is COc1ccc(-c2ccc(CN)c(=O)n2C)cc1. The molecule has 94 valence electrons. The number of pyridine rings is 1. The summed E-state index contributed by atoms with van der Waals surface area (Å²) in [7, 11) is 3.38. The Morgan fingerprint density at radius 1 is 1.17 bits per heavy atom. The van der Waals surface area contributed by atoms with E-state index in [0.717, 1.165) is 17.0 Å². The molecule has 0 fully saturated rings. The third-order valence-electron chi connectivity index (χ3n) is 2.99. The number of benzene rings is 1. The molecular formula is C14H16N2O2. The molecule has 1 heterocycles. The van der Waals surface area contributed by atoms with Crippen molar-refractivity contribution in [2.45, 2.75) is 6.54 Å². The quantitative estimate of drug-likeness (QED) is 0.890. The summed E-state index contributed by atoms with van der Waals surface area (Å²) in [6, 6.07) is 11.3. The van der Waals surface area contributed by atoms with Gasteiger partial charge in [-0.05, 0) is 35.9 Å². The first-order valence-corrected chi connectivity index (χ1v) is 5.70. The number of hydrogen-bond donors (Lipinski definition) is 1. The third kappa shape index (κ3) is 2.15. The van der Waals surface area contributed by atoms with Crippen molar-refractivity contribution in [1.29, 1.82) is 0 Å². The number of methoxy groups -OCH3 is 1. The first-order chi connectivity index (χ1) is 8.67. The Balaban J connectivity index is 2.50. The summed E-state index contributed by atoms with van der Waals surface area (Å²) in [6.07, 6.45) is 0. The second-order valence-corrected chi connectivity index (χ2v) is 4.04. The van der Waals surface area contributed by atoms with E-state index in [-0.39, 0.29) is 12.1 Å². The molecule has 2 N–H and O–H groups in total. The van der Waals surface area contributed by atoms with Crippen molar-refractivity contribution in [3.63, 3.8) is 0 Å². The van der Waals surface area contributed by atoms with E-state index in [4.69, 9.17) is 10.5 Å². The van der Waals surface area contributed by atoms with E-state index in [0.29, 0.717) is 5.56 Å². The van der Waals surface area contributed by atoms with Gasteiger partial charge in [-0.25, -0.2) is 0 Å². The topological polar surface area (TPSA) is 57.2 Å². The molecule has 18 heavy (non-hydrogen) atoms. The lowest BCUT2D eigenvalue weighted by atomic mass is 10.1. The minimum atomic E-state index is -0.0502. The van der Waals surface area contributed by atoms with Gasteiger partial charge in [-0.3, -0.25) is 4.79 Å². The second kappa shape index (κ2) is 5.06. The Morgan fingerprint density at radius 3 is 2.39 bits per heavy atom. The molecule has 0 atom stereocenters. The molecule has 4 heteroatoms. The Hall–Kier alpha value is -2.07. The summed E-state index contributed by atoms with van der Waals surface area (Å²) in [5.74, 6) is 0.794. The van der Waals surface area contributed by atoms with E-state index in [1.165, 1.54) is 0 Å². The average Bonchev–Trinajstić information content (AvgIpc) is 2.42. The van der Waals surface area contributed by atoms with Crippen LogP contribution < -0.4 is 16.0 Å². The molecule has 0 spiro atoms. The van der Waals surface area contributed by atoms with Gasteiger partial charge in [0.1, 0.15) is 5.75 Å². The Bertz CT molecular complexity index is 600. The number of ether oxygens (including phenoxy) is 1. The molecule has 2 aromatic rings. The van der Waals surface area contributed by atoms with Gasteiger partial charge in [0, 0.05) is 19.2 Å². The van der Waals surface area contributed by atoms with Crippen LogP contribution in [0.25, 0.3) is 11.3 Å². The second-order valence-electron chi connectivity index (χ2n) is 4.04. The van der Waals surface area contributed by atoms with Gasteiger partial charge in [-0.1, -0.05) is 6.07 Å². The Labute approximate surface area is 106 Å². The molecule has 0 aliphatic carbocycles. The summed E-state index contributed by atoms with van der Waals surface area (Å²) >= 11 is 0. The number of aromatic nitrogens is 1. The van der Waals surface area contributed by atoms with E-state index in [1.807, 2.05) is 30.3 Å². The zero-order chi connectivity index (χ0) is 13.1. The lowest BCUT2D eigenvalue weighted by molar-refractivity contribution is 0.415. The Kier molecular flexibility index (Phi) is 3.48. The summed E-state index contributed by atoms with van der Waals surface area (Å²) in [4.78, 5) is 12.0. The van der Waals surface area contributed by atoms with Crippen LogP contribution >= 0.6 is 0 Å². The highest BCUT2D eigenvalue weighted by atomic mass is 16.5. The van der Waals surface area contributed by atoms with Crippen molar-refractivity contribution < 1.29 is 4.74 Å². The molecule has 0 aliphatic rings.